The topological polar surface area (TPSA) is 56.5 Å². The van der Waals surface area contributed by atoms with Crippen LogP contribution in [-0.4, -0.2) is 19.2 Å². The van der Waals surface area contributed by atoms with E-state index >= 15 is 0 Å². The van der Waals surface area contributed by atoms with Crippen molar-refractivity contribution in [1.29, 1.82) is 0 Å². The number of halogens is 1. The molecule has 2 aromatic rings. The molecule has 0 saturated heterocycles. The number of methoxy groups -OCH3 is 2. The van der Waals surface area contributed by atoms with E-state index in [0.717, 1.165) is 0 Å². The van der Waals surface area contributed by atoms with Crippen molar-refractivity contribution in [2.45, 2.75) is 0 Å². The molecule has 0 amide bonds. The molecule has 0 heterocycles. The number of nitrogens with two attached hydrogens (primary N) is 1. The van der Waals surface area contributed by atoms with Crippen LogP contribution in [0.1, 0.15) is 5.56 Å². The van der Waals surface area contributed by atoms with Crippen LogP contribution in [0.5, 0.6) is 11.5 Å². The number of thiocarbonyl (C=S) groups is 1. The summed E-state index contributed by atoms with van der Waals surface area (Å²) in [7, 11) is 3.13. The van der Waals surface area contributed by atoms with Gasteiger partial charge >= 0.3 is 0 Å². The van der Waals surface area contributed by atoms with E-state index in [2.05, 4.69) is 5.32 Å². The standard InChI is InChI=1S/C15H15FN2O2S/c1-19-10-4-6-14(20-2)13(8-10)18-12-5-3-9(16)7-11(12)15(17)21/h3-8,18H,1-2H3,(H2,17,21). The van der Waals surface area contributed by atoms with Gasteiger partial charge in [-0.25, -0.2) is 4.39 Å². The van der Waals surface area contributed by atoms with Gasteiger partial charge < -0.3 is 20.5 Å². The third kappa shape index (κ3) is 3.41. The van der Waals surface area contributed by atoms with E-state index in [9.17, 15) is 4.39 Å². The summed E-state index contributed by atoms with van der Waals surface area (Å²) in [5, 5.41) is 3.14. The zero-order valence-electron chi connectivity index (χ0n) is 11.6. The van der Waals surface area contributed by atoms with Crippen LogP contribution in [0, 0.1) is 5.82 Å². The Balaban J connectivity index is 2.44. The van der Waals surface area contributed by atoms with Gasteiger partial charge in [-0.05, 0) is 30.3 Å². The highest BCUT2D eigenvalue weighted by Gasteiger charge is 2.11. The maximum absolute atomic E-state index is 13.3. The van der Waals surface area contributed by atoms with Crippen LogP contribution in [0.2, 0.25) is 0 Å². The first-order valence-electron chi connectivity index (χ1n) is 6.13. The highest BCUT2D eigenvalue weighted by atomic mass is 32.1. The predicted octanol–water partition coefficient (Wildman–Crippen LogP) is 3.22. The summed E-state index contributed by atoms with van der Waals surface area (Å²) >= 11 is 4.95. The number of rotatable bonds is 5. The van der Waals surface area contributed by atoms with Crippen molar-refractivity contribution < 1.29 is 13.9 Å². The van der Waals surface area contributed by atoms with Crippen molar-refractivity contribution in [2.75, 3.05) is 19.5 Å². The molecule has 0 bridgehead atoms. The Morgan fingerprint density at radius 2 is 1.86 bits per heavy atom. The van der Waals surface area contributed by atoms with Crippen molar-refractivity contribution in [3.05, 3.63) is 47.8 Å². The molecule has 0 fully saturated rings. The lowest BCUT2D eigenvalue weighted by Crippen LogP contribution is -2.12. The number of hydrogen-bond acceptors (Lipinski definition) is 4. The SMILES string of the molecule is COc1ccc(OC)c(Nc2ccc(F)cc2C(N)=S)c1. The molecule has 0 aromatic heterocycles. The van der Waals surface area contributed by atoms with Crippen LogP contribution >= 0.6 is 12.2 Å². The highest BCUT2D eigenvalue weighted by molar-refractivity contribution is 7.80. The maximum atomic E-state index is 13.3. The lowest BCUT2D eigenvalue weighted by Gasteiger charge is -2.15. The number of nitrogens with one attached hydrogen (secondary N) is 1. The first-order valence-corrected chi connectivity index (χ1v) is 6.54. The number of anilines is 2. The first kappa shape index (κ1) is 15.1. The van der Waals surface area contributed by atoms with Crippen LogP contribution in [0.15, 0.2) is 36.4 Å². The third-order valence-corrected chi connectivity index (χ3v) is 3.14. The van der Waals surface area contributed by atoms with Gasteiger partial charge in [-0.2, -0.15) is 0 Å². The second-order valence-corrected chi connectivity index (χ2v) is 4.69. The second kappa shape index (κ2) is 6.41. The van der Waals surface area contributed by atoms with E-state index in [4.69, 9.17) is 27.4 Å². The molecular weight excluding hydrogens is 291 g/mol. The Bertz CT molecular complexity index is 677. The van der Waals surface area contributed by atoms with E-state index in [1.165, 1.54) is 12.1 Å². The fraction of sp³-hybridized carbons (Fsp3) is 0.133. The van der Waals surface area contributed by atoms with Gasteiger partial charge in [-0.1, -0.05) is 12.2 Å². The molecule has 0 atom stereocenters. The molecule has 0 aliphatic carbocycles. The average Bonchev–Trinajstić information content (AvgIpc) is 2.48. The van der Waals surface area contributed by atoms with E-state index in [1.54, 1.807) is 38.5 Å². The summed E-state index contributed by atoms with van der Waals surface area (Å²) in [4.78, 5) is 0.110. The van der Waals surface area contributed by atoms with E-state index in [-0.39, 0.29) is 4.99 Å². The maximum Gasteiger partial charge on any atom is 0.142 e. The normalized spacial score (nSPS) is 10.0. The largest absolute Gasteiger partial charge is 0.497 e. The third-order valence-electron chi connectivity index (χ3n) is 2.92. The monoisotopic (exact) mass is 306 g/mol. The summed E-state index contributed by atoms with van der Waals surface area (Å²) in [5.74, 6) is 0.882. The zero-order chi connectivity index (χ0) is 15.4. The molecule has 21 heavy (non-hydrogen) atoms. The molecular formula is C15H15FN2O2S. The van der Waals surface area contributed by atoms with Gasteiger partial charge in [0.2, 0.25) is 0 Å². The second-order valence-electron chi connectivity index (χ2n) is 4.25. The summed E-state index contributed by atoms with van der Waals surface area (Å²) in [6.07, 6.45) is 0. The Labute approximate surface area is 127 Å². The molecule has 6 heteroatoms. The molecule has 0 spiro atoms. The summed E-state index contributed by atoms with van der Waals surface area (Å²) in [6.45, 7) is 0. The molecule has 2 aromatic carbocycles. The van der Waals surface area contributed by atoms with Gasteiger partial charge in [0.05, 0.1) is 19.9 Å². The predicted molar refractivity (Wildman–Crippen MR) is 85.1 cm³/mol. The molecule has 0 radical (unpaired) electrons. The Morgan fingerprint density at radius 3 is 2.48 bits per heavy atom. The summed E-state index contributed by atoms with van der Waals surface area (Å²) in [5.41, 5.74) is 7.32. The van der Waals surface area contributed by atoms with Crippen LogP contribution in [0.4, 0.5) is 15.8 Å². The van der Waals surface area contributed by atoms with Crippen LogP contribution in [0.25, 0.3) is 0 Å². The fourth-order valence-electron chi connectivity index (χ4n) is 1.89. The minimum absolute atomic E-state index is 0.110. The van der Waals surface area contributed by atoms with E-state index < -0.39 is 5.82 Å². The molecule has 0 saturated carbocycles. The van der Waals surface area contributed by atoms with Crippen LogP contribution in [-0.2, 0) is 0 Å². The lowest BCUT2D eigenvalue weighted by atomic mass is 10.1. The van der Waals surface area contributed by atoms with Crippen molar-refractivity contribution in [3.8, 4) is 11.5 Å². The summed E-state index contributed by atoms with van der Waals surface area (Å²) in [6, 6.07) is 9.51. The lowest BCUT2D eigenvalue weighted by molar-refractivity contribution is 0.405. The number of ether oxygens (including phenoxy) is 2. The van der Waals surface area contributed by atoms with Gasteiger partial charge in [0.15, 0.2) is 0 Å². The summed E-state index contributed by atoms with van der Waals surface area (Å²) < 4.78 is 23.8. The van der Waals surface area contributed by atoms with E-state index in [1.807, 2.05) is 0 Å². The molecule has 4 nitrogen and oxygen atoms in total. The molecule has 110 valence electrons. The van der Waals surface area contributed by atoms with Gasteiger partial charge in [0.1, 0.15) is 22.3 Å². The van der Waals surface area contributed by atoms with Crippen LogP contribution < -0.4 is 20.5 Å². The molecule has 3 N–H and O–H groups in total. The fourth-order valence-corrected chi connectivity index (χ4v) is 2.06. The number of hydrogen-bond donors (Lipinski definition) is 2. The van der Waals surface area contributed by atoms with Crippen molar-refractivity contribution in [1.82, 2.24) is 0 Å². The Kier molecular flexibility index (Phi) is 4.59. The van der Waals surface area contributed by atoms with Crippen molar-refractivity contribution in [3.63, 3.8) is 0 Å². The quantitative estimate of drug-likeness (QED) is 0.831. The smallest absolute Gasteiger partial charge is 0.142 e. The highest BCUT2D eigenvalue weighted by Crippen LogP contribution is 2.32. The van der Waals surface area contributed by atoms with Gasteiger partial charge in [-0.3, -0.25) is 0 Å². The van der Waals surface area contributed by atoms with Crippen molar-refractivity contribution >= 4 is 28.6 Å². The van der Waals surface area contributed by atoms with Crippen LogP contribution in [0.3, 0.4) is 0 Å². The molecule has 0 aliphatic heterocycles. The molecule has 0 unspecified atom stereocenters. The Morgan fingerprint density at radius 1 is 1.10 bits per heavy atom. The van der Waals surface area contributed by atoms with Gasteiger partial charge in [-0.15, -0.1) is 0 Å². The Hall–Kier alpha value is -2.34. The average molecular weight is 306 g/mol. The minimum atomic E-state index is -0.402. The van der Waals surface area contributed by atoms with Crippen molar-refractivity contribution in [2.24, 2.45) is 5.73 Å². The van der Waals surface area contributed by atoms with E-state index in [0.29, 0.717) is 28.4 Å². The number of benzene rings is 2. The zero-order valence-corrected chi connectivity index (χ0v) is 12.5. The first-order chi connectivity index (χ1) is 10.0. The molecule has 2 rings (SSSR count). The molecule has 0 aliphatic rings. The van der Waals surface area contributed by atoms with Gasteiger partial charge in [0, 0.05) is 17.3 Å². The minimum Gasteiger partial charge on any atom is -0.497 e. The van der Waals surface area contributed by atoms with Gasteiger partial charge in [0.25, 0.3) is 0 Å².